The highest BCUT2D eigenvalue weighted by Gasteiger charge is 2.03. The van der Waals surface area contributed by atoms with Gasteiger partial charge in [0, 0.05) is 18.7 Å². The molecule has 0 bridgehead atoms. The minimum atomic E-state index is 0.140. The van der Waals surface area contributed by atoms with E-state index in [0.29, 0.717) is 18.7 Å². The summed E-state index contributed by atoms with van der Waals surface area (Å²) in [6.07, 6.45) is 2.45. The molecule has 5 nitrogen and oxygen atoms in total. The van der Waals surface area contributed by atoms with Crippen LogP contribution in [0.2, 0.25) is 0 Å². The van der Waals surface area contributed by atoms with Crippen LogP contribution in [-0.4, -0.2) is 31.8 Å². The molecule has 84 valence electrons. The van der Waals surface area contributed by atoms with Crippen LogP contribution in [-0.2, 0) is 6.54 Å². The van der Waals surface area contributed by atoms with Crippen LogP contribution in [0.25, 0.3) is 11.3 Å². The minimum Gasteiger partial charge on any atom is -0.508 e. The first-order valence-electron chi connectivity index (χ1n) is 5.10. The number of aryl methyl sites for hydroxylation is 1. The van der Waals surface area contributed by atoms with Gasteiger partial charge in [-0.25, -0.2) is 0 Å². The van der Waals surface area contributed by atoms with Gasteiger partial charge in [-0.1, -0.05) is 17.3 Å². The standard InChI is InChI=1S/C11H13N3O2/c15-6-2-5-14-8-11(12-13-14)9-3-1-4-10(16)7-9/h1,3-4,7-8,15-16H,2,5-6H2. The molecule has 5 heteroatoms. The fraction of sp³-hybridized carbons (Fsp3) is 0.273. The normalized spacial score (nSPS) is 10.6. The number of aromatic nitrogens is 3. The first kappa shape index (κ1) is 10.6. The number of hydrogen-bond donors (Lipinski definition) is 2. The Morgan fingerprint density at radius 1 is 1.31 bits per heavy atom. The first-order valence-corrected chi connectivity index (χ1v) is 5.10. The Labute approximate surface area is 93.0 Å². The number of nitrogens with zero attached hydrogens (tertiary/aromatic N) is 3. The van der Waals surface area contributed by atoms with E-state index in [9.17, 15) is 5.11 Å². The van der Waals surface area contributed by atoms with Gasteiger partial charge in [0.25, 0.3) is 0 Å². The zero-order chi connectivity index (χ0) is 11.4. The molecule has 1 heterocycles. The van der Waals surface area contributed by atoms with Gasteiger partial charge in [-0.05, 0) is 18.6 Å². The fourth-order valence-corrected chi connectivity index (χ4v) is 1.44. The van der Waals surface area contributed by atoms with Crippen LogP contribution in [0.4, 0.5) is 0 Å². The molecule has 0 saturated carbocycles. The number of benzene rings is 1. The van der Waals surface area contributed by atoms with Crippen LogP contribution < -0.4 is 0 Å². The Balaban J connectivity index is 2.18. The second-order valence-corrected chi connectivity index (χ2v) is 3.49. The highest BCUT2D eigenvalue weighted by Crippen LogP contribution is 2.20. The van der Waals surface area contributed by atoms with Crippen molar-refractivity contribution in [2.24, 2.45) is 0 Å². The van der Waals surface area contributed by atoms with Gasteiger partial charge in [-0.3, -0.25) is 4.68 Å². The second kappa shape index (κ2) is 4.76. The molecule has 0 amide bonds. The number of rotatable bonds is 4. The number of aliphatic hydroxyl groups is 1. The van der Waals surface area contributed by atoms with Crippen LogP contribution in [0.3, 0.4) is 0 Å². The summed E-state index contributed by atoms with van der Waals surface area (Å²) in [6, 6.07) is 6.87. The molecular formula is C11H13N3O2. The first-order chi connectivity index (χ1) is 7.79. The summed E-state index contributed by atoms with van der Waals surface area (Å²) in [6.45, 7) is 0.781. The van der Waals surface area contributed by atoms with Crippen LogP contribution in [0.1, 0.15) is 6.42 Å². The number of phenols is 1. The maximum Gasteiger partial charge on any atom is 0.116 e. The Morgan fingerprint density at radius 2 is 2.19 bits per heavy atom. The molecule has 0 unspecified atom stereocenters. The maximum atomic E-state index is 9.33. The predicted octanol–water partition coefficient (Wildman–Crippen LogP) is 1.03. The summed E-state index contributed by atoms with van der Waals surface area (Å²) in [5.74, 6) is 0.211. The van der Waals surface area contributed by atoms with Gasteiger partial charge in [0.2, 0.25) is 0 Å². The highest BCUT2D eigenvalue weighted by molar-refractivity contribution is 5.59. The van der Waals surface area contributed by atoms with Crippen molar-refractivity contribution < 1.29 is 10.2 Å². The van der Waals surface area contributed by atoms with Crippen molar-refractivity contribution in [3.63, 3.8) is 0 Å². The van der Waals surface area contributed by atoms with Gasteiger partial charge < -0.3 is 10.2 Å². The maximum absolute atomic E-state index is 9.33. The van der Waals surface area contributed by atoms with Crippen molar-refractivity contribution in [3.05, 3.63) is 30.5 Å². The van der Waals surface area contributed by atoms with E-state index in [4.69, 9.17) is 5.11 Å². The summed E-state index contributed by atoms with van der Waals surface area (Å²) in [5, 5.41) is 26.0. The number of hydrogen-bond acceptors (Lipinski definition) is 4. The van der Waals surface area contributed by atoms with Gasteiger partial charge in [0.15, 0.2) is 0 Å². The molecule has 0 saturated heterocycles. The van der Waals surface area contributed by atoms with Crippen LogP contribution in [0.5, 0.6) is 5.75 Å². The molecule has 1 aromatic carbocycles. The Morgan fingerprint density at radius 3 is 2.94 bits per heavy atom. The Hall–Kier alpha value is -1.88. The van der Waals surface area contributed by atoms with Crippen LogP contribution >= 0.6 is 0 Å². The topological polar surface area (TPSA) is 71.2 Å². The average molecular weight is 219 g/mol. The second-order valence-electron chi connectivity index (χ2n) is 3.49. The van der Waals surface area contributed by atoms with E-state index in [1.807, 2.05) is 6.07 Å². The zero-order valence-corrected chi connectivity index (χ0v) is 8.74. The van der Waals surface area contributed by atoms with Crippen molar-refractivity contribution in [1.82, 2.24) is 15.0 Å². The monoisotopic (exact) mass is 219 g/mol. The van der Waals surface area contributed by atoms with Crippen molar-refractivity contribution in [2.45, 2.75) is 13.0 Å². The van der Waals surface area contributed by atoms with E-state index in [1.165, 1.54) is 0 Å². The molecule has 0 atom stereocenters. The number of aromatic hydroxyl groups is 1. The number of aliphatic hydroxyl groups excluding tert-OH is 1. The van der Waals surface area contributed by atoms with E-state index >= 15 is 0 Å². The van der Waals surface area contributed by atoms with Crippen LogP contribution in [0, 0.1) is 0 Å². The van der Waals surface area contributed by atoms with E-state index in [-0.39, 0.29) is 12.4 Å². The van der Waals surface area contributed by atoms with Crippen molar-refractivity contribution in [1.29, 1.82) is 0 Å². The lowest BCUT2D eigenvalue weighted by molar-refractivity contribution is 0.276. The third kappa shape index (κ3) is 2.38. The van der Waals surface area contributed by atoms with E-state index in [2.05, 4.69) is 10.3 Å². The van der Waals surface area contributed by atoms with Crippen molar-refractivity contribution in [3.8, 4) is 17.0 Å². The lowest BCUT2D eigenvalue weighted by atomic mass is 10.1. The Kier molecular flexibility index (Phi) is 3.16. The van der Waals surface area contributed by atoms with E-state index in [1.54, 1.807) is 29.1 Å². The summed E-state index contributed by atoms with van der Waals surface area (Å²) in [7, 11) is 0. The van der Waals surface area contributed by atoms with Gasteiger partial charge in [0.1, 0.15) is 11.4 Å². The Bertz CT molecular complexity index is 468. The molecule has 0 aliphatic carbocycles. The molecule has 0 spiro atoms. The summed E-state index contributed by atoms with van der Waals surface area (Å²) in [4.78, 5) is 0. The lowest BCUT2D eigenvalue weighted by Gasteiger charge is -1.97. The SMILES string of the molecule is OCCCn1cc(-c2cccc(O)c2)nn1. The van der Waals surface area contributed by atoms with Crippen molar-refractivity contribution >= 4 is 0 Å². The minimum absolute atomic E-state index is 0.140. The number of phenolic OH excluding ortho intramolecular Hbond substituents is 1. The zero-order valence-electron chi connectivity index (χ0n) is 8.74. The van der Waals surface area contributed by atoms with E-state index in [0.717, 1.165) is 5.56 Å². The smallest absolute Gasteiger partial charge is 0.116 e. The summed E-state index contributed by atoms with van der Waals surface area (Å²) < 4.78 is 1.68. The molecule has 0 radical (unpaired) electrons. The molecule has 0 aliphatic heterocycles. The highest BCUT2D eigenvalue weighted by atomic mass is 16.3. The molecule has 1 aromatic heterocycles. The molecular weight excluding hydrogens is 206 g/mol. The molecule has 16 heavy (non-hydrogen) atoms. The molecule has 0 fully saturated rings. The quantitative estimate of drug-likeness (QED) is 0.805. The van der Waals surface area contributed by atoms with Crippen molar-refractivity contribution in [2.75, 3.05) is 6.61 Å². The van der Waals surface area contributed by atoms with Crippen LogP contribution in [0.15, 0.2) is 30.5 Å². The lowest BCUT2D eigenvalue weighted by Crippen LogP contribution is -2.00. The molecule has 0 aliphatic rings. The largest absolute Gasteiger partial charge is 0.508 e. The third-order valence-corrected chi connectivity index (χ3v) is 2.23. The fourth-order valence-electron chi connectivity index (χ4n) is 1.44. The van der Waals surface area contributed by atoms with Gasteiger partial charge in [0.05, 0.1) is 6.20 Å². The van der Waals surface area contributed by atoms with E-state index < -0.39 is 0 Å². The molecule has 2 N–H and O–H groups in total. The molecule has 2 aromatic rings. The summed E-state index contributed by atoms with van der Waals surface area (Å²) >= 11 is 0. The third-order valence-electron chi connectivity index (χ3n) is 2.23. The van der Waals surface area contributed by atoms with Gasteiger partial charge >= 0.3 is 0 Å². The predicted molar refractivity (Wildman–Crippen MR) is 58.8 cm³/mol. The summed E-state index contributed by atoms with van der Waals surface area (Å²) in [5.41, 5.74) is 1.55. The molecule has 2 rings (SSSR count). The van der Waals surface area contributed by atoms with Gasteiger partial charge in [-0.2, -0.15) is 0 Å². The average Bonchev–Trinajstić information content (AvgIpc) is 2.75. The van der Waals surface area contributed by atoms with Gasteiger partial charge in [-0.15, -0.1) is 5.10 Å².